The van der Waals surface area contributed by atoms with Gasteiger partial charge in [0, 0.05) is 97.2 Å². The van der Waals surface area contributed by atoms with Crippen LogP contribution in [0.3, 0.4) is 0 Å². The van der Waals surface area contributed by atoms with Gasteiger partial charge in [-0.25, -0.2) is 4.98 Å². The Morgan fingerprint density at radius 3 is 0.979 bits per heavy atom. The Bertz CT molecular complexity index is 4960. The van der Waals surface area contributed by atoms with Crippen LogP contribution < -0.4 is 45.8 Å². The number of para-hydroxylation sites is 10. The zero-order valence-corrected chi connectivity index (χ0v) is 53.2. The number of anilines is 18. The molecule has 2 aliphatic rings. The average Bonchev–Trinajstić information content (AvgIpc) is 0.699. The molecule has 97 heavy (non-hydrogen) atoms. The van der Waals surface area contributed by atoms with Gasteiger partial charge in [0.1, 0.15) is 11.6 Å². The molecule has 15 aromatic rings. The van der Waals surface area contributed by atoms with E-state index in [9.17, 15) is 0 Å². The molecule has 0 amide bonds. The number of pyridine rings is 1. The maximum Gasteiger partial charge on any atom is 0.252 e. The number of rotatable bonds is 16. The summed E-state index contributed by atoms with van der Waals surface area (Å²) in [7, 11) is 0. The maximum absolute atomic E-state index is 5.88. The van der Waals surface area contributed by atoms with Crippen LogP contribution in [0.1, 0.15) is 0 Å². The molecule has 3 heterocycles. The van der Waals surface area contributed by atoms with E-state index >= 15 is 0 Å². The van der Waals surface area contributed by atoms with Crippen molar-refractivity contribution in [2.75, 3.05) is 29.4 Å². The Kier molecular flexibility index (Phi) is 15.3. The number of benzene rings is 14. The van der Waals surface area contributed by atoms with Crippen molar-refractivity contribution in [2.45, 2.75) is 0 Å². The molecular weight excluding hydrogens is 1180 g/mol. The standard InChI is InChI=1S/C89H64BN7/c1-11-34-65(35-12-1)78-54-33-55-79(66-36-13-2-14-37-66)89(78)95(77-63-86(93(69-42-19-5-20-43-69)70-44-21-6-22-45-70)91-87(64-77)94(71-46-23-7-24-47-71)72-48-25-8-26-49-72)75-58-59-81-83(60-75)97(74-52-29-10-30-53-74)85-62-76(92(67-38-15-3-16-39-67)68-40-17-4-18-41-68)61-84-88(85)90(81)80-56-31-32-57-82(80)96(84)73-50-27-9-28-51-73/h1-64H. The van der Waals surface area contributed by atoms with E-state index in [2.05, 4.69) is 418 Å². The Labute approximate surface area is 567 Å². The van der Waals surface area contributed by atoms with Gasteiger partial charge >= 0.3 is 0 Å². The lowest BCUT2D eigenvalue weighted by molar-refractivity contribution is 1.12. The first-order valence-electron chi connectivity index (χ1n) is 33.1. The molecule has 458 valence electrons. The molecule has 0 unspecified atom stereocenters. The van der Waals surface area contributed by atoms with Crippen molar-refractivity contribution in [3.63, 3.8) is 0 Å². The van der Waals surface area contributed by atoms with Crippen LogP contribution in [0.15, 0.2) is 388 Å². The average molecular weight is 1240 g/mol. The van der Waals surface area contributed by atoms with E-state index in [1.165, 1.54) is 16.4 Å². The SMILES string of the molecule is c1ccc(-c2cccc(-c3ccccc3)c2N(c2cc(N(c3ccccc3)c3ccccc3)nc(N(c3ccccc3)c3ccccc3)c2)c2ccc3c(c2)N(c2ccccc2)c2cc(N(c4ccccc4)c4ccccc4)cc4c2B3c2ccccc2N4c2ccccc2)cc1. The van der Waals surface area contributed by atoms with Gasteiger partial charge in [0.2, 0.25) is 0 Å². The van der Waals surface area contributed by atoms with E-state index in [-0.39, 0.29) is 6.71 Å². The van der Waals surface area contributed by atoms with Gasteiger partial charge in [0.05, 0.1) is 17.1 Å². The second-order valence-electron chi connectivity index (χ2n) is 24.3. The fraction of sp³-hybridized carbons (Fsp3) is 0. The largest absolute Gasteiger partial charge is 0.311 e. The third-order valence-electron chi connectivity index (χ3n) is 18.5. The van der Waals surface area contributed by atoms with E-state index in [1.54, 1.807) is 0 Å². The zero-order chi connectivity index (χ0) is 64.4. The Hall–Kier alpha value is -12.9. The van der Waals surface area contributed by atoms with Gasteiger partial charge in [-0.3, -0.25) is 9.80 Å². The highest BCUT2D eigenvalue weighted by molar-refractivity contribution is 7.00. The van der Waals surface area contributed by atoms with Crippen molar-refractivity contribution in [1.29, 1.82) is 0 Å². The van der Waals surface area contributed by atoms with E-state index in [4.69, 9.17) is 4.98 Å². The molecule has 0 saturated carbocycles. The first-order chi connectivity index (χ1) is 48.2. The molecule has 8 heteroatoms. The molecule has 0 atom stereocenters. The maximum atomic E-state index is 5.88. The van der Waals surface area contributed by atoms with Crippen LogP contribution in [0, 0.1) is 0 Å². The van der Waals surface area contributed by atoms with Crippen LogP contribution in [-0.4, -0.2) is 11.7 Å². The lowest BCUT2D eigenvalue weighted by atomic mass is 9.33. The second-order valence-corrected chi connectivity index (χ2v) is 24.3. The summed E-state index contributed by atoms with van der Waals surface area (Å²) in [6.45, 7) is -0.180. The Balaban J connectivity index is 0.996. The molecule has 0 spiro atoms. The van der Waals surface area contributed by atoms with Crippen molar-refractivity contribution in [1.82, 2.24) is 4.98 Å². The minimum atomic E-state index is -0.180. The normalized spacial score (nSPS) is 11.9. The van der Waals surface area contributed by atoms with E-state index < -0.39 is 0 Å². The van der Waals surface area contributed by atoms with Gasteiger partial charge in [0.25, 0.3) is 6.71 Å². The second kappa shape index (κ2) is 25.5. The molecule has 2 aliphatic heterocycles. The summed E-state index contributed by atoms with van der Waals surface area (Å²) in [6.07, 6.45) is 0. The lowest BCUT2D eigenvalue weighted by Gasteiger charge is -2.45. The molecule has 0 saturated heterocycles. The quantitative estimate of drug-likeness (QED) is 0.0892. The fourth-order valence-corrected chi connectivity index (χ4v) is 14.4. The van der Waals surface area contributed by atoms with Gasteiger partial charge in [-0.1, -0.05) is 249 Å². The predicted octanol–water partition coefficient (Wildman–Crippen LogP) is 22.4. The number of hydrogen-bond acceptors (Lipinski definition) is 7. The van der Waals surface area contributed by atoms with Crippen molar-refractivity contribution >= 4 is 126 Å². The lowest BCUT2D eigenvalue weighted by Crippen LogP contribution is -2.61. The summed E-state index contributed by atoms with van der Waals surface area (Å²) in [4.78, 5) is 20.4. The fourth-order valence-electron chi connectivity index (χ4n) is 14.4. The highest BCUT2D eigenvalue weighted by atomic mass is 15.3. The number of nitrogens with zero attached hydrogens (tertiary/aromatic N) is 7. The summed E-state index contributed by atoms with van der Waals surface area (Å²) >= 11 is 0. The molecule has 0 bridgehead atoms. The van der Waals surface area contributed by atoms with Gasteiger partial charge in [-0.2, -0.15) is 0 Å². The Morgan fingerprint density at radius 1 is 0.227 bits per heavy atom. The van der Waals surface area contributed by atoms with Gasteiger partial charge in [0.15, 0.2) is 0 Å². The zero-order valence-electron chi connectivity index (χ0n) is 53.2. The first kappa shape index (κ1) is 58.0. The monoisotopic (exact) mass is 1240 g/mol. The molecule has 1 aromatic heterocycles. The summed E-state index contributed by atoms with van der Waals surface area (Å²) in [5.41, 5.74) is 24.3. The summed E-state index contributed by atoms with van der Waals surface area (Å²) in [5.74, 6) is 1.46. The highest BCUT2D eigenvalue weighted by Crippen LogP contribution is 2.53. The van der Waals surface area contributed by atoms with E-state index in [1.807, 2.05) is 0 Å². The minimum Gasteiger partial charge on any atom is -0.311 e. The number of hydrogen-bond donors (Lipinski definition) is 0. The predicted molar refractivity (Wildman–Crippen MR) is 408 cm³/mol. The third kappa shape index (κ3) is 10.8. The first-order valence-corrected chi connectivity index (χ1v) is 33.1. The van der Waals surface area contributed by atoms with Crippen LogP contribution in [0.5, 0.6) is 0 Å². The smallest absolute Gasteiger partial charge is 0.252 e. The number of aromatic nitrogens is 1. The summed E-state index contributed by atoms with van der Waals surface area (Å²) < 4.78 is 0. The molecule has 14 aromatic carbocycles. The molecule has 17 rings (SSSR count). The topological polar surface area (TPSA) is 32.3 Å². The molecule has 0 aliphatic carbocycles. The van der Waals surface area contributed by atoms with Crippen LogP contribution in [0.2, 0.25) is 0 Å². The number of fused-ring (bicyclic) bond motifs is 4. The van der Waals surface area contributed by atoms with Crippen LogP contribution >= 0.6 is 0 Å². The van der Waals surface area contributed by atoms with Crippen molar-refractivity contribution in [3.8, 4) is 22.3 Å². The van der Waals surface area contributed by atoms with Crippen molar-refractivity contribution in [2.24, 2.45) is 0 Å². The molecule has 0 N–H and O–H groups in total. The van der Waals surface area contributed by atoms with Crippen molar-refractivity contribution < 1.29 is 0 Å². The minimum absolute atomic E-state index is 0.180. The van der Waals surface area contributed by atoms with Gasteiger partial charge < -0.3 is 19.6 Å². The summed E-state index contributed by atoms with van der Waals surface area (Å²) in [5, 5.41) is 0. The summed E-state index contributed by atoms with van der Waals surface area (Å²) in [6, 6.07) is 140. The van der Waals surface area contributed by atoms with Gasteiger partial charge in [-0.05, 0) is 155 Å². The van der Waals surface area contributed by atoms with Crippen LogP contribution in [0.25, 0.3) is 22.3 Å². The highest BCUT2D eigenvalue weighted by Gasteiger charge is 2.44. The van der Waals surface area contributed by atoms with Gasteiger partial charge in [-0.15, -0.1) is 0 Å². The Morgan fingerprint density at radius 2 is 0.557 bits per heavy atom. The molecule has 0 fully saturated rings. The van der Waals surface area contributed by atoms with E-state index in [0.29, 0.717) is 0 Å². The third-order valence-corrected chi connectivity index (χ3v) is 18.5. The molecular formula is C89H64BN7. The van der Waals surface area contributed by atoms with Crippen LogP contribution in [-0.2, 0) is 0 Å². The molecule has 0 radical (unpaired) electrons. The van der Waals surface area contributed by atoms with Crippen molar-refractivity contribution in [3.05, 3.63) is 388 Å². The van der Waals surface area contributed by atoms with E-state index in [0.717, 1.165) is 125 Å². The van der Waals surface area contributed by atoms with Crippen LogP contribution in [0.4, 0.5) is 103 Å². The molecule has 7 nitrogen and oxygen atoms in total.